The van der Waals surface area contributed by atoms with Crippen LogP contribution in [0, 0.1) is 0 Å². The minimum atomic E-state index is -1.18. The van der Waals surface area contributed by atoms with Crippen LogP contribution in [0.15, 0.2) is 0 Å². The van der Waals surface area contributed by atoms with Crippen LogP contribution in [0.3, 0.4) is 0 Å². The lowest BCUT2D eigenvalue weighted by molar-refractivity contribution is -0.150. The van der Waals surface area contributed by atoms with Gasteiger partial charge in [-0.1, -0.05) is 0 Å². The van der Waals surface area contributed by atoms with Gasteiger partial charge in [0, 0.05) is 18.1 Å². The molecule has 2 atom stereocenters. The average Bonchev–Trinajstić information content (AvgIpc) is 2.27. The molecule has 4 N–H and O–H groups in total. The van der Waals surface area contributed by atoms with Crippen LogP contribution in [0.1, 0.15) is 6.42 Å². The molecule has 0 radical (unpaired) electrons. The molecule has 96 valence electrons. The molecular weight excluding hydrogens is 248 g/mol. The molecule has 2 unspecified atom stereocenters. The smallest absolute Gasteiger partial charge is 0.327 e. The van der Waals surface area contributed by atoms with Crippen LogP contribution < -0.4 is 5.73 Å². The van der Waals surface area contributed by atoms with Crippen LogP contribution in [0.4, 0.5) is 0 Å². The van der Waals surface area contributed by atoms with Crippen LogP contribution in [0.2, 0.25) is 0 Å². The van der Waals surface area contributed by atoms with Crippen LogP contribution >= 0.6 is 11.8 Å². The summed E-state index contributed by atoms with van der Waals surface area (Å²) < 4.78 is 0. The van der Waals surface area contributed by atoms with E-state index in [1.807, 2.05) is 0 Å². The molecular formula is C9H14N2O5S. The number of carboxylic acid groups (broad SMARTS) is 2. The first-order valence-corrected chi connectivity index (χ1v) is 6.17. The number of nitrogens with zero attached hydrogens (tertiary/aromatic N) is 1. The first kappa shape index (κ1) is 13.8. The normalized spacial score (nSPS) is 21.9. The molecule has 0 aromatic heterocycles. The SMILES string of the molecule is NC(CC(=O)O)C(=O)N1CCSCC1C(=O)O. The van der Waals surface area contributed by atoms with E-state index in [1.54, 1.807) is 0 Å². The molecule has 0 spiro atoms. The molecule has 1 fully saturated rings. The molecule has 0 aromatic rings. The van der Waals surface area contributed by atoms with Crippen molar-refractivity contribution in [2.24, 2.45) is 5.73 Å². The second kappa shape index (κ2) is 5.87. The van der Waals surface area contributed by atoms with Crippen molar-refractivity contribution in [3.05, 3.63) is 0 Å². The third-order valence-electron chi connectivity index (χ3n) is 2.41. The molecule has 17 heavy (non-hydrogen) atoms. The Morgan fingerprint density at radius 1 is 1.41 bits per heavy atom. The maximum Gasteiger partial charge on any atom is 0.327 e. The maximum absolute atomic E-state index is 11.8. The number of hydrogen-bond acceptors (Lipinski definition) is 5. The minimum absolute atomic E-state index is 0.286. The number of carboxylic acids is 2. The predicted octanol–water partition coefficient (Wildman–Crippen LogP) is -1.18. The second-order valence-electron chi connectivity index (χ2n) is 3.66. The summed E-state index contributed by atoms with van der Waals surface area (Å²) >= 11 is 1.45. The molecule has 1 saturated heterocycles. The summed E-state index contributed by atoms with van der Waals surface area (Å²) in [7, 11) is 0. The van der Waals surface area contributed by atoms with E-state index in [0.29, 0.717) is 11.5 Å². The number of aliphatic carboxylic acids is 2. The Kier molecular flexibility index (Phi) is 4.76. The van der Waals surface area contributed by atoms with E-state index in [2.05, 4.69) is 0 Å². The summed E-state index contributed by atoms with van der Waals surface area (Å²) in [5.74, 6) is -1.94. The number of thioether (sulfide) groups is 1. The standard InChI is InChI=1S/C9H14N2O5S/c10-5(3-7(12)13)8(14)11-1-2-17-4-6(11)9(15)16/h5-6H,1-4,10H2,(H,12,13)(H,15,16). The Hall–Kier alpha value is -1.28. The van der Waals surface area contributed by atoms with E-state index in [-0.39, 0.29) is 6.54 Å². The van der Waals surface area contributed by atoms with Crippen molar-refractivity contribution in [2.75, 3.05) is 18.1 Å². The average molecular weight is 262 g/mol. The van der Waals surface area contributed by atoms with Gasteiger partial charge in [-0.05, 0) is 0 Å². The number of nitrogens with two attached hydrogens (primary N) is 1. The van der Waals surface area contributed by atoms with Gasteiger partial charge in [0.1, 0.15) is 6.04 Å². The fourth-order valence-electron chi connectivity index (χ4n) is 1.56. The number of carbonyl (C=O) groups excluding carboxylic acids is 1. The molecule has 0 saturated carbocycles. The maximum atomic E-state index is 11.8. The lowest BCUT2D eigenvalue weighted by Crippen LogP contribution is -2.55. The van der Waals surface area contributed by atoms with Gasteiger partial charge in [0.25, 0.3) is 0 Å². The second-order valence-corrected chi connectivity index (χ2v) is 4.81. The zero-order valence-electron chi connectivity index (χ0n) is 9.04. The fourth-order valence-corrected chi connectivity index (χ4v) is 2.60. The number of hydrogen-bond donors (Lipinski definition) is 3. The number of rotatable bonds is 4. The summed E-state index contributed by atoms with van der Waals surface area (Å²) in [5, 5.41) is 17.5. The molecule has 1 rings (SSSR count). The lowest BCUT2D eigenvalue weighted by Gasteiger charge is -2.34. The molecule has 1 aliphatic rings. The van der Waals surface area contributed by atoms with Crippen molar-refractivity contribution in [2.45, 2.75) is 18.5 Å². The van der Waals surface area contributed by atoms with Crippen LogP contribution in [-0.2, 0) is 14.4 Å². The Bertz CT molecular complexity index is 335. The van der Waals surface area contributed by atoms with Gasteiger partial charge >= 0.3 is 11.9 Å². The largest absolute Gasteiger partial charge is 0.481 e. The summed E-state index contributed by atoms with van der Waals surface area (Å²) in [6.45, 7) is 0.286. The Balaban J connectivity index is 2.70. The van der Waals surface area contributed by atoms with Gasteiger partial charge in [-0.25, -0.2) is 4.79 Å². The zero-order valence-corrected chi connectivity index (χ0v) is 9.85. The minimum Gasteiger partial charge on any atom is -0.481 e. The molecule has 1 amide bonds. The van der Waals surface area contributed by atoms with Crippen LogP contribution in [0.25, 0.3) is 0 Å². The number of carbonyl (C=O) groups is 3. The summed E-state index contributed by atoms with van der Waals surface area (Å²) in [4.78, 5) is 34.4. The van der Waals surface area contributed by atoms with E-state index in [0.717, 1.165) is 4.90 Å². The highest BCUT2D eigenvalue weighted by atomic mass is 32.2. The van der Waals surface area contributed by atoms with Crippen molar-refractivity contribution < 1.29 is 24.6 Å². The Morgan fingerprint density at radius 2 is 2.06 bits per heavy atom. The third kappa shape index (κ3) is 3.60. The van der Waals surface area contributed by atoms with E-state index < -0.39 is 36.4 Å². The monoisotopic (exact) mass is 262 g/mol. The molecule has 0 bridgehead atoms. The molecule has 1 heterocycles. The summed E-state index contributed by atoms with van der Waals surface area (Å²) in [6, 6.07) is -2.10. The van der Waals surface area contributed by atoms with Gasteiger partial charge in [0.2, 0.25) is 5.91 Å². The van der Waals surface area contributed by atoms with Gasteiger partial charge < -0.3 is 20.8 Å². The highest BCUT2D eigenvalue weighted by Crippen LogP contribution is 2.17. The molecule has 8 heteroatoms. The van der Waals surface area contributed by atoms with Gasteiger partial charge in [0.15, 0.2) is 0 Å². The fraction of sp³-hybridized carbons (Fsp3) is 0.667. The summed E-state index contributed by atoms with van der Waals surface area (Å²) in [6.07, 6.45) is -0.491. The summed E-state index contributed by atoms with van der Waals surface area (Å²) in [5.41, 5.74) is 5.44. The van der Waals surface area contributed by atoms with Gasteiger partial charge in [-0.15, -0.1) is 0 Å². The van der Waals surface area contributed by atoms with Crippen molar-refractivity contribution in [1.82, 2.24) is 4.90 Å². The zero-order chi connectivity index (χ0) is 13.0. The van der Waals surface area contributed by atoms with Gasteiger partial charge in [0.05, 0.1) is 12.5 Å². The van der Waals surface area contributed by atoms with Crippen LogP contribution in [-0.4, -0.2) is 63.1 Å². The van der Waals surface area contributed by atoms with Crippen molar-refractivity contribution in [3.8, 4) is 0 Å². The Morgan fingerprint density at radius 3 is 2.59 bits per heavy atom. The predicted molar refractivity (Wildman–Crippen MR) is 60.7 cm³/mol. The quantitative estimate of drug-likeness (QED) is 0.583. The van der Waals surface area contributed by atoms with E-state index in [1.165, 1.54) is 11.8 Å². The third-order valence-corrected chi connectivity index (χ3v) is 3.43. The first-order chi connectivity index (χ1) is 7.93. The van der Waals surface area contributed by atoms with Crippen LogP contribution in [0.5, 0.6) is 0 Å². The number of amides is 1. The molecule has 1 aliphatic heterocycles. The topological polar surface area (TPSA) is 121 Å². The lowest BCUT2D eigenvalue weighted by atomic mass is 10.1. The van der Waals surface area contributed by atoms with E-state index in [9.17, 15) is 14.4 Å². The molecule has 0 aliphatic carbocycles. The van der Waals surface area contributed by atoms with E-state index >= 15 is 0 Å². The molecule has 7 nitrogen and oxygen atoms in total. The Labute approximate surface area is 102 Å². The van der Waals surface area contributed by atoms with Gasteiger partial charge in [-0.3, -0.25) is 9.59 Å². The first-order valence-electron chi connectivity index (χ1n) is 5.02. The highest BCUT2D eigenvalue weighted by Gasteiger charge is 2.35. The van der Waals surface area contributed by atoms with Crippen molar-refractivity contribution in [1.29, 1.82) is 0 Å². The van der Waals surface area contributed by atoms with E-state index in [4.69, 9.17) is 15.9 Å². The molecule has 0 aromatic carbocycles. The highest BCUT2D eigenvalue weighted by molar-refractivity contribution is 7.99. The van der Waals surface area contributed by atoms with Gasteiger partial charge in [-0.2, -0.15) is 11.8 Å². The van der Waals surface area contributed by atoms with Crippen molar-refractivity contribution >= 4 is 29.6 Å². The van der Waals surface area contributed by atoms with Crippen molar-refractivity contribution in [3.63, 3.8) is 0 Å².